The smallest absolute Gasteiger partial charge is 0.129 e. The zero-order valence-electron chi connectivity index (χ0n) is 5.81. The predicted molar refractivity (Wildman–Crippen MR) is 35.3 cm³/mol. The molecule has 0 atom stereocenters. The lowest BCUT2D eigenvalue weighted by atomic mass is 10.8. The van der Waals surface area contributed by atoms with Crippen LogP contribution in [0.5, 0.6) is 0 Å². The lowest BCUT2D eigenvalue weighted by Gasteiger charge is -2.15. The molecule has 0 aliphatic carbocycles. The average Bonchev–Trinajstić information content (AvgIpc) is 1.66. The van der Waals surface area contributed by atoms with E-state index < -0.39 is 14.5 Å². The summed E-state index contributed by atoms with van der Waals surface area (Å²) in [6.45, 7) is 1.49. The van der Waals surface area contributed by atoms with Crippen molar-refractivity contribution < 1.29 is 8.53 Å². The van der Waals surface area contributed by atoms with Crippen LogP contribution in [-0.2, 0) is 8.53 Å². The lowest BCUT2D eigenvalue weighted by molar-refractivity contribution is 0.147. The molecule has 49 valence electrons. The Morgan fingerprint density at radius 2 is 1.88 bits per heavy atom. The Morgan fingerprint density at radius 1 is 1.25 bits per heavy atom. The van der Waals surface area contributed by atoms with Crippen LogP contribution in [0.4, 0.5) is 0 Å². The van der Waals surface area contributed by atoms with Crippen molar-refractivity contribution in [3.63, 3.8) is 0 Å². The van der Waals surface area contributed by atoms with Crippen LogP contribution < -0.4 is 0 Å². The van der Waals surface area contributed by atoms with Crippen LogP contribution >= 0.6 is 0 Å². The van der Waals surface area contributed by atoms with E-state index in [1.165, 1.54) is 0 Å². The lowest BCUT2D eigenvalue weighted by Crippen LogP contribution is -2.11. The van der Waals surface area contributed by atoms with Crippen molar-refractivity contribution in [3.05, 3.63) is 0 Å². The Morgan fingerprint density at radius 3 is 2.25 bits per heavy atom. The van der Waals surface area contributed by atoms with Crippen LogP contribution in [0.25, 0.3) is 0 Å². The first-order valence-corrected chi connectivity index (χ1v) is 5.66. The molecule has 0 rings (SSSR count). The fourth-order valence-corrected chi connectivity index (χ4v) is 0.935. The van der Waals surface area contributed by atoms with Gasteiger partial charge in [-0.3, -0.25) is 0 Å². The summed E-state index contributed by atoms with van der Waals surface area (Å²) in [5.41, 5.74) is 0. The molecule has 0 bridgehead atoms. The second kappa shape index (κ2) is 5.59. The predicted octanol–water partition coefficient (Wildman–Crippen LogP) is 0.901. The van der Waals surface area contributed by atoms with E-state index in [0.29, 0.717) is 0 Å². The fourth-order valence-electron chi connectivity index (χ4n) is 0.367. The third-order valence-corrected chi connectivity index (χ3v) is 1.64. The highest BCUT2D eigenvalue weighted by molar-refractivity contribution is 6.48. The van der Waals surface area contributed by atoms with Gasteiger partial charge >= 0.3 is 0 Å². The minimum Gasteiger partial charge on any atom is -0.677 e. The maximum atomic E-state index is 5.30. The first-order valence-electron chi connectivity index (χ1n) is 2.88. The van der Waals surface area contributed by atoms with Gasteiger partial charge in [0, 0.05) is 13.7 Å². The summed E-state index contributed by atoms with van der Waals surface area (Å²) in [5.74, 6) is 4.30. The summed E-state index contributed by atoms with van der Waals surface area (Å²) >= 11 is -0.782. The number of hydrogen-bond donors (Lipinski definition) is 0. The van der Waals surface area contributed by atoms with Crippen LogP contribution in [0.15, 0.2) is 0 Å². The normalized spacial score (nSPS) is 10.5. The first-order chi connectivity index (χ1) is 3.77. The number of rotatable bonds is 4. The Hall–Kier alpha value is 0.452. The van der Waals surface area contributed by atoms with Gasteiger partial charge in [0.2, 0.25) is 0 Å². The van der Waals surface area contributed by atoms with E-state index >= 15 is 0 Å². The van der Waals surface area contributed by atoms with Crippen LogP contribution in [-0.4, -0.2) is 34.8 Å². The number of ether oxygens (including phenoxy) is 1. The van der Waals surface area contributed by atoms with E-state index in [0.717, 1.165) is 13.2 Å². The second-order valence-corrected chi connectivity index (χ2v) is 4.34. The Balaban J connectivity index is 2.72. The topological polar surface area (TPSA) is 18.5 Å². The van der Waals surface area contributed by atoms with E-state index in [1.807, 2.05) is 0 Å². The summed E-state index contributed by atoms with van der Waals surface area (Å²) in [7, 11) is 1.69. The third kappa shape index (κ3) is 6.45. The minimum absolute atomic E-state index is 0.727. The quantitative estimate of drug-likeness (QED) is 0.418. The molecule has 0 saturated carbocycles. The SMILES string of the molecule is COCC[O][Al-]([CH3])[CH3]. The molecular formula is C5H13AlO2-. The molecule has 0 aromatic rings. The van der Waals surface area contributed by atoms with Crippen LogP contribution in [0.1, 0.15) is 0 Å². The molecule has 0 amide bonds. The number of hydrogen-bond acceptors (Lipinski definition) is 2. The summed E-state index contributed by atoms with van der Waals surface area (Å²) in [5, 5.41) is 0. The van der Waals surface area contributed by atoms with Gasteiger partial charge in [-0.15, -0.1) is 0 Å². The molecule has 3 heteroatoms. The molecular weight excluding hydrogens is 119 g/mol. The number of methoxy groups -OCH3 is 1. The second-order valence-electron chi connectivity index (χ2n) is 1.91. The van der Waals surface area contributed by atoms with Crippen LogP contribution in [0.2, 0.25) is 11.6 Å². The van der Waals surface area contributed by atoms with Crippen molar-refractivity contribution in [3.8, 4) is 0 Å². The van der Waals surface area contributed by atoms with Crippen LogP contribution in [0, 0.1) is 0 Å². The zero-order valence-corrected chi connectivity index (χ0v) is 6.96. The van der Waals surface area contributed by atoms with E-state index in [4.69, 9.17) is 8.53 Å². The van der Waals surface area contributed by atoms with Gasteiger partial charge in [0.1, 0.15) is 14.5 Å². The molecule has 0 N–H and O–H groups in total. The third-order valence-electron chi connectivity index (χ3n) is 0.739. The van der Waals surface area contributed by atoms with Gasteiger partial charge in [0.25, 0.3) is 0 Å². The van der Waals surface area contributed by atoms with Gasteiger partial charge in [0.15, 0.2) is 0 Å². The maximum absolute atomic E-state index is 5.30. The first kappa shape index (κ1) is 8.45. The maximum Gasteiger partial charge on any atom is 0.129 e. The highest BCUT2D eigenvalue weighted by Gasteiger charge is 1.82. The van der Waals surface area contributed by atoms with Crippen molar-refractivity contribution in [1.82, 2.24) is 0 Å². The fraction of sp³-hybridized carbons (Fsp3) is 1.00. The minimum atomic E-state index is -0.782. The molecule has 0 aliphatic rings. The van der Waals surface area contributed by atoms with E-state index in [-0.39, 0.29) is 0 Å². The molecule has 0 aromatic carbocycles. The van der Waals surface area contributed by atoms with Gasteiger partial charge < -0.3 is 8.53 Å². The summed E-state index contributed by atoms with van der Waals surface area (Å²) in [6, 6.07) is 0. The standard InChI is InChI=1S/C3H7O2.2CH3.Al/c1-5-3-2-4;;;/h2-3H2,1H3;2*1H3;/q-1;;;. The van der Waals surface area contributed by atoms with Crippen molar-refractivity contribution in [2.75, 3.05) is 20.3 Å². The molecule has 0 fully saturated rings. The zero-order chi connectivity index (χ0) is 6.41. The molecule has 2 nitrogen and oxygen atoms in total. The average molecular weight is 132 g/mol. The van der Waals surface area contributed by atoms with Gasteiger partial charge in [-0.2, -0.15) is 0 Å². The van der Waals surface area contributed by atoms with Crippen molar-refractivity contribution in [1.29, 1.82) is 0 Å². The largest absolute Gasteiger partial charge is 0.677 e. The Labute approximate surface area is 55.5 Å². The van der Waals surface area contributed by atoms with Crippen molar-refractivity contribution >= 4 is 14.5 Å². The van der Waals surface area contributed by atoms with E-state index in [2.05, 4.69) is 11.6 Å². The van der Waals surface area contributed by atoms with E-state index in [1.54, 1.807) is 7.11 Å². The summed E-state index contributed by atoms with van der Waals surface area (Å²) in [4.78, 5) is 0. The molecule has 0 saturated heterocycles. The molecule has 0 aliphatic heterocycles. The van der Waals surface area contributed by atoms with Gasteiger partial charge in [-0.25, -0.2) is 11.6 Å². The van der Waals surface area contributed by atoms with Gasteiger partial charge in [-0.1, -0.05) is 0 Å². The Bertz CT molecular complexity index is 47.7. The van der Waals surface area contributed by atoms with E-state index in [9.17, 15) is 0 Å². The highest BCUT2D eigenvalue weighted by Crippen LogP contribution is 1.81. The molecule has 0 unspecified atom stereocenters. The van der Waals surface area contributed by atoms with Crippen molar-refractivity contribution in [2.24, 2.45) is 0 Å². The highest BCUT2D eigenvalue weighted by atomic mass is 27.2. The molecule has 0 aromatic heterocycles. The van der Waals surface area contributed by atoms with Crippen LogP contribution in [0.3, 0.4) is 0 Å². The monoisotopic (exact) mass is 132 g/mol. The summed E-state index contributed by atoms with van der Waals surface area (Å²) < 4.78 is 10.1. The van der Waals surface area contributed by atoms with Crippen molar-refractivity contribution in [2.45, 2.75) is 11.6 Å². The van der Waals surface area contributed by atoms with Gasteiger partial charge in [-0.05, 0) is 0 Å². The molecule has 1 radical (unpaired) electrons. The molecule has 0 heterocycles. The molecule has 0 spiro atoms. The molecule has 8 heavy (non-hydrogen) atoms. The Kier molecular flexibility index (Phi) is 5.90. The van der Waals surface area contributed by atoms with Gasteiger partial charge in [0.05, 0.1) is 6.61 Å². The summed E-state index contributed by atoms with van der Waals surface area (Å²) in [6.07, 6.45) is 0.